The fourth-order valence-electron chi connectivity index (χ4n) is 2.95. The molecule has 21 heavy (non-hydrogen) atoms. The van der Waals surface area contributed by atoms with Crippen molar-refractivity contribution in [1.82, 2.24) is 9.97 Å². The van der Waals surface area contributed by atoms with Gasteiger partial charge in [0.1, 0.15) is 11.6 Å². The Morgan fingerprint density at radius 1 is 1.05 bits per heavy atom. The summed E-state index contributed by atoms with van der Waals surface area (Å²) < 4.78 is 0. The molecular formula is C14H24N6O. The van der Waals surface area contributed by atoms with Crippen LogP contribution in [0.5, 0.6) is 0 Å². The molecule has 1 aromatic heterocycles. The van der Waals surface area contributed by atoms with Crippen LogP contribution < -0.4 is 20.7 Å². The molecule has 1 aromatic rings. The maximum Gasteiger partial charge on any atom is 0.229 e. The van der Waals surface area contributed by atoms with Crippen LogP contribution in [0.4, 0.5) is 17.6 Å². The van der Waals surface area contributed by atoms with Gasteiger partial charge in [-0.15, -0.1) is 0 Å². The summed E-state index contributed by atoms with van der Waals surface area (Å²) in [5.41, 5.74) is 0. The zero-order chi connectivity index (χ0) is 14.7. The first-order valence-corrected chi connectivity index (χ1v) is 7.80. The zero-order valence-corrected chi connectivity index (χ0v) is 12.4. The first-order chi connectivity index (χ1) is 10.3. The third-order valence-electron chi connectivity index (χ3n) is 4.14. The van der Waals surface area contributed by atoms with E-state index in [4.69, 9.17) is 15.9 Å². The molecule has 0 bridgehead atoms. The Bertz CT molecular complexity index is 436. The van der Waals surface area contributed by atoms with Crippen LogP contribution in [0.15, 0.2) is 6.07 Å². The first-order valence-electron chi connectivity index (χ1n) is 7.80. The molecule has 3 N–H and O–H groups in total. The Hall–Kier alpha value is -1.60. The third-order valence-corrected chi connectivity index (χ3v) is 4.14. The van der Waals surface area contributed by atoms with Gasteiger partial charge in [-0.05, 0) is 25.7 Å². The van der Waals surface area contributed by atoms with Crippen LogP contribution in [0.2, 0.25) is 0 Å². The minimum absolute atomic E-state index is 0.0125. The Morgan fingerprint density at radius 2 is 1.67 bits per heavy atom. The van der Waals surface area contributed by atoms with Crippen LogP contribution in [-0.4, -0.2) is 54.4 Å². The van der Waals surface area contributed by atoms with Crippen LogP contribution >= 0.6 is 0 Å². The van der Waals surface area contributed by atoms with Crippen molar-refractivity contribution in [2.45, 2.75) is 25.7 Å². The lowest BCUT2D eigenvalue weighted by molar-refractivity contribution is 0.302. The van der Waals surface area contributed by atoms with Gasteiger partial charge in [0.15, 0.2) is 0 Å². The topological polar surface area (TPSA) is 81.8 Å². The van der Waals surface area contributed by atoms with E-state index < -0.39 is 0 Å². The van der Waals surface area contributed by atoms with Crippen molar-refractivity contribution in [2.24, 2.45) is 5.84 Å². The molecule has 0 radical (unpaired) electrons. The molecule has 0 aromatic carbocycles. The van der Waals surface area contributed by atoms with Gasteiger partial charge >= 0.3 is 0 Å². The highest BCUT2D eigenvalue weighted by atomic mass is 16.3. The average molecular weight is 292 g/mol. The van der Waals surface area contributed by atoms with Crippen molar-refractivity contribution in [3.63, 3.8) is 0 Å². The second-order valence-corrected chi connectivity index (χ2v) is 5.69. The van der Waals surface area contributed by atoms with E-state index in [0.717, 1.165) is 37.9 Å². The Labute approximate surface area is 125 Å². The highest BCUT2D eigenvalue weighted by Gasteiger charge is 2.21. The third kappa shape index (κ3) is 3.19. The highest BCUT2D eigenvalue weighted by Crippen LogP contribution is 2.26. The van der Waals surface area contributed by atoms with E-state index in [1.165, 1.54) is 30.7 Å². The summed E-state index contributed by atoms with van der Waals surface area (Å²) in [6.07, 6.45) is 4.80. The summed E-state index contributed by atoms with van der Waals surface area (Å²) in [4.78, 5) is 13.8. The summed E-state index contributed by atoms with van der Waals surface area (Å²) in [5, 5.41) is 10.6. The van der Waals surface area contributed by atoms with Crippen LogP contribution in [0.25, 0.3) is 0 Å². The lowest BCUT2D eigenvalue weighted by Gasteiger charge is -2.24. The van der Waals surface area contributed by atoms with E-state index in [-0.39, 0.29) is 6.61 Å². The first kappa shape index (κ1) is 14.3. The highest BCUT2D eigenvalue weighted by molar-refractivity contribution is 5.55. The molecule has 7 nitrogen and oxygen atoms in total. The number of hydrogen-bond acceptors (Lipinski definition) is 7. The molecule has 0 aliphatic carbocycles. The molecule has 0 amide bonds. The minimum Gasteiger partial charge on any atom is -0.394 e. The van der Waals surface area contributed by atoms with Gasteiger partial charge in [0.2, 0.25) is 5.95 Å². The second kappa shape index (κ2) is 6.44. The Kier molecular flexibility index (Phi) is 4.40. The molecule has 2 aliphatic heterocycles. The van der Waals surface area contributed by atoms with Gasteiger partial charge < -0.3 is 14.9 Å². The van der Waals surface area contributed by atoms with Gasteiger partial charge in [0, 0.05) is 32.2 Å². The largest absolute Gasteiger partial charge is 0.394 e. The number of hydrazine groups is 1. The molecule has 2 aliphatic rings. The Balaban J connectivity index is 1.90. The number of anilines is 3. The zero-order valence-electron chi connectivity index (χ0n) is 12.4. The standard InChI is InChI=1S/C14H24N6O/c15-20(9-10-21)13-11-12(18-5-1-2-6-18)16-14(17-13)19-7-3-4-8-19/h11,21H,1-10,15H2. The lowest BCUT2D eigenvalue weighted by atomic mass is 10.4. The SMILES string of the molecule is NN(CCO)c1cc(N2CCCC2)nc(N2CCCC2)n1. The lowest BCUT2D eigenvalue weighted by Crippen LogP contribution is -2.35. The van der Waals surface area contributed by atoms with Crippen molar-refractivity contribution in [2.75, 3.05) is 54.1 Å². The molecule has 2 saturated heterocycles. The number of aliphatic hydroxyl groups excluding tert-OH is 1. The number of nitrogens with two attached hydrogens (primary N) is 1. The minimum atomic E-state index is 0.0125. The molecule has 0 unspecified atom stereocenters. The molecule has 0 saturated carbocycles. The Morgan fingerprint density at radius 3 is 2.29 bits per heavy atom. The van der Waals surface area contributed by atoms with Gasteiger partial charge in [0.05, 0.1) is 13.2 Å². The normalized spacial score (nSPS) is 18.6. The van der Waals surface area contributed by atoms with E-state index in [0.29, 0.717) is 12.4 Å². The van der Waals surface area contributed by atoms with E-state index in [2.05, 4.69) is 14.8 Å². The number of aromatic nitrogens is 2. The van der Waals surface area contributed by atoms with Crippen LogP contribution in [0.1, 0.15) is 25.7 Å². The van der Waals surface area contributed by atoms with Crippen molar-refractivity contribution in [3.8, 4) is 0 Å². The molecule has 7 heteroatoms. The molecule has 3 rings (SSSR count). The van der Waals surface area contributed by atoms with E-state index >= 15 is 0 Å². The quantitative estimate of drug-likeness (QED) is 0.598. The van der Waals surface area contributed by atoms with Crippen LogP contribution in [0.3, 0.4) is 0 Å². The van der Waals surface area contributed by atoms with E-state index in [1.807, 2.05) is 6.07 Å². The van der Waals surface area contributed by atoms with Crippen molar-refractivity contribution in [1.29, 1.82) is 0 Å². The van der Waals surface area contributed by atoms with E-state index in [1.54, 1.807) is 0 Å². The molecule has 0 atom stereocenters. The second-order valence-electron chi connectivity index (χ2n) is 5.69. The number of aliphatic hydroxyl groups is 1. The summed E-state index contributed by atoms with van der Waals surface area (Å²) in [6, 6.07) is 1.93. The predicted octanol–water partition coefficient (Wildman–Crippen LogP) is 0.349. The van der Waals surface area contributed by atoms with Crippen LogP contribution in [-0.2, 0) is 0 Å². The van der Waals surface area contributed by atoms with Crippen LogP contribution in [0, 0.1) is 0 Å². The molecule has 116 valence electrons. The maximum absolute atomic E-state index is 9.07. The summed E-state index contributed by atoms with van der Waals surface area (Å²) in [5.74, 6) is 8.39. The predicted molar refractivity (Wildman–Crippen MR) is 83.5 cm³/mol. The monoisotopic (exact) mass is 292 g/mol. The van der Waals surface area contributed by atoms with Gasteiger partial charge in [-0.25, -0.2) is 5.84 Å². The summed E-state index contributed by atoms with van der Waals surface area (Å²) >= 11 is 0. The fourth-order valence-corrected chi connectivity index (χ4v) is 2.95. The summed E-state index contributed by atoms with van der Waals surface area (Å²) in [6.45, 7) is 4.48. The van der Waals surface area contributed by atoms with Crippen molar-refractivity contribution in [3.05, 3.63) is 6.07 Å². The number of hydrogen-bond donors (Lipinski definition) is 2. The molecule has 3 heterocycles. The van der Waals surface area contributed by atoms with Crippen molar-refractivity contribution >= 4 is 17.6 Å². The average Bonchev–Trinajstić information content (AvgIpc) is 3.20. The van der Waals surface area contributed by atoms with Crippen molar-refractivity contribution < 1.29 is 5.11 Å². The van der Waals surface area contributed by atoms with Gasteiger partial charge in [-0.3, -0.25) is 5.01 Å². The molecular weight excluding hydrogens is 268 g/mol. The summed E-state index contributed by atoms with van der Waals surface area (Å²) in [7, 11) is 0. The van der Waals surface area contributed by atoms with Gasteiger partial charge in [-0.2, -0.15) is 9.97 Å². The van der Waals surface area contributed by atoms with Gasteiger partial charge in [0.25, 0.3) is 0 Å². The molecule has 2 fully saturated rings. The molecule has 0 spiro atoms. The maximum atomic E-state index is 9.07. The fraction of sp³-hybridized carbons (Fsp3) is 0.714. The van der Waals surface area contributed by atoms with Gasteiger partial charge in [-0.1, -0.05) is 0 Å². The smallest absolute Gasteiger partial charge is 0.229 e. The number of nitrogens with zero attached hydrogens (tertiary/aromatic N) is 5. The van der Waals surface area contributed by atoms with E-state index in [9.17, 15) is 0 Å². The number of rotatable bonds is 5.